The molecule has 0 unspecified atom stereocenters. The number of halogens is 1. The number of anilines is 1. The quantitative estimate of drug-likeness (QED) is 0.713. The van der Waals surface area contributed by atoms with Gasteiger partial charge >= 0.3 is 0 Å². The summed E-state index contributed by atoms with van der Waals surface area (Å²) in [7, 11) is 0. The summed E-state index contributed by atoms with van der Waals surface area (Å²) >= 11 is 1.41. The summed E-state index contributed by atoms with van der Waals surface area (Å²) in [6, 6.07) is 12.1. The predicted molar refractivity (Wildman–Crippen MR) is 92.6 cm³/mol. The Labute approximate surface area is 138 Å². The molecule has 3 nitrogen and oxygen atoms in total. The number of nitrogens with one attached hydrogen (secondary N) is 1. The third-order valence-electron chi connectivity index (χ3n) is 3.61. The Morgan fingerprint density at radius 2 is 2.09 bits per heavy atom. The molecule has 1 heterocycles. The summed E-state index contributed by atoms with van der Waals surface area (Å²) in [5.41, 5.74) is 2.14. The predicted octanol–water partition coefficient (Wildman–Crippen LogP) is 5.03. The van der Waals surface area contributed by atoms with Gasteiger partial charge in [-0.2, -0.15) is 0 Å². The van der Waals surface area contributed by atoms with Gasteiger partial charge in [-0.3, -0.25) is 10.1 Å². The molecule has 1 aromatic heterocycles. The minimum Gasteiger partial charge on any atom is -0.298 e. The third-order valence-corrected chi connectivity index (χ3v) is 4.54. The number of rotatable bonds is 5. The van der Waals surface area contributed by atoms with Crippen molar-refractivity contribution in [2.24, 2.45) is 0 Å². The maximum absolute atomic E-state index is 13.6. The van der Waals surface area contributed by atoms with E-state index >= 15 is 0 Å². The summed E-state index contributed by atoms with van der Waals surface area (Å²) in [6.45, 7) is 2.17. The van der Waals surface area contributed by atoms with Crippen LogP contribution in [0, 0.1) is 5.82 Å². The van der Waals surface area contributed by atoms with Crippen LogP contribution < -0.4 is 5.32 Å². The molecule has 23 heavy (non-hydrogen) atoms. The molecule has 1 N–H and O–H groups in total. The number of hydrogen-bond acceptors (Lipinski definition) is 3. The fourth-order valence-electron chi connectivity index (χ4n) is 2.37. The van der Waals surface area contributed by atoms with Gasteiger partial charge in [0.2, 0.25) is 0 Å². The van der Waals surface area contributed by atoms with E-state index in [4.69, 9.17) is 0 Å². The molecule has 0 saturated heterocycles. The Morgan fingerprint density at radius 3 is 2.87 bits per heavy atom. The highest BCUT2D eigenvalue weighted by atomic mass is 32.1. The summed E-state index contributed by atoms with van der Waals surface area (Å²) in [5.74, 6) is -1.01. The molecule has 3 aromatic rings. The highest BCUT2D eigenvalue weighted by Gasteiger charge is 2.13. The first-order chi connectivity index (χ1) is 11.2. The molecule has 0 fully saturated rings. The van der Waals surface area contributed by atoms with Gasteiger partial charge in [-0.25, -0.2) is 9.37 Å². The van der Waals surface area contributed by atoms with Crippen LogP contribution in [0.2, 0.25) is 0 Å². The Balaban J connectivity index is 1.80. The number of nitrogens with zero attached hydrogens (tertiary/aromatic N) is 1. The number of aryl methyl sites for hydroxylation is 1. The van der Waals surface area contributed by atoms with Gasteiger partial charge in [0.25, 0.3) is 5.91 Å². The first-order valence-corrected chi connectivity index (χ1v) is 8.44. The SMILES string of the molecule is CCCCc1ccc2nc(NC(=O)c3ccccc3F)sc2c1. The molecule has 2 aromatic carbocycles. The number of unbranched alkanes of at least 4 members (excludes halogenated alkanes) is 1. The average Bonchev–Trinajstić information content (AvgIpc) is 2.94. The maximum Gasteiger partial charge on any atom is 0.260 e. The minimum absolute atomic E-state index is 0.0235. The normalized spacial score (nSPS) is 10.9. The lowest BCUT2D eigenvalue weighted by Gasteiger charge is -2.02. The van der Waals surface area contributed by atoms with E-state index in [-0.39, 0.29) is 5.56 Å². The number of carbonyl (C=O) groups excluding carboxylic acids is 1. The average molecular weight is 328 g/mol. The molecular weight excluding hydrogens is 311 g/mol. The van der Waals surface area contributed by atoms with Crippen LogP contribution in [0.15, 0.2) is 42.5 Å². The molecule has 5 heteroatoms. The summed E-state index contributed by atoms with van der Waals surface area (Å²) in [4.78, 5) is 16.5. The van der Waals surface area contributed by atoms with Crippen molar-refractivity contribution >= 4 is 32.6 Å². The van der Waals surface area contributed by atoms with E-state index in [0.29, 0.717) is 5.13 Å². The molecule has 0 saturated carbocycles. The van der Waals surface area contributed by atoms with Crippen LogP contribution in [-0.2, 0) is 6.42 Å². The second-order valence-corrected chi connectivity index (χ2v) is 6.39. The van der Waals surface area contributed by atoms with Gasteiger partial charge in [-0.05, 0) is 42.7 Å². The van der Waals surface area contributed by atoms with E-state index in [9.17, 15) is 9.18 Å². The monoisotopic (exact) mass is 328 g/mol. The highest BCUT2D eigenvalue weighted by Crippen LogP contribution is 2.27. The number of benzene rings is 2. The number of thiazole rings is 1. The van der Waals surface area contributed by atoms with Crippen LogP contribution in [0.3, 0.4) is 0 Å². The third kappa shape index (κ3) is 3.56. The summed E-state index contributed by atoms with van der Waals surface area (Å²) in [5, 5.41) is 3.17. The number of fused-ring (bicyclic) bond motifs is 1. The van der Waals surface area contributed by atoms with Crippen molar-refractivity contribution in [3.63, 3.8) is 0 Å². The lowest BCUT2D eigenvalue weighted by Crippen LogP contribution is -2.13. The van der Waals surface area contributed by atoms with Crippen molar-refractivity contribution < 1.29 is 9.18 Å². The fourth-order valence-corrected chi connectivity index (χ4v) is 3.29. The van der Waals surface area contributed by atoms with E-state index in [1.165, 1.54) is 29.0 Å². The molecule has 118 valence electrons. The van der Waals surface area contributed by atoms with Crippen molar-refractivity contribution in [1.29, 1.82) is 0 Å². The molecule has 3 rings (SSSR count). The number of carbonyl (C=O) groups is 1. The van der Waals surface area contributed by atoms with Gasteiger partial charge in [0.15, 0.2) is 5.13 Å². The van der Waals surface area contributed by atoms with E-state index in [2.05, 4.69) is 29.4 Å². The van der Waals surface area contributed by atoms with Crippen molar-refractivity contribution in [3.8, 4) is 0 Å². The largest absolute Gasteiger partial charge is 0.298 e. The van der Waals surface area contributed by atoms with Gasteiger partial charge in [-0.1, -0.05) is 42.9 Å². The van der Waals surface area contributed by atoms with Gasteiger partial charge in [0, 0.05) is 0 Å². The van der Waals surface area contributed by atoms with Crippen molar-refractivity contribution in [2.75, 3.05) is 5.32 Å². The van der Waals surface area contributed by atoms with Crippen LogP contribution in [0.1, 0.15) is 35.7 Å². The van der Waals surface area contributed by atoms with Crippen LogP contribution in [0.4, 0.5) is 9.52 Å². The highest BCUT2D eigenvalue weighted by molar-refractivity contribution is 7.22. The maximum atomic E-state index is 13.6. The van der Waals surface area contributed by atoms with Gasteiger partial charge < -0.3 is 0 Å². The van der Waals surface area contributed by atoms with Gasteiger partial charge in [0.05, 0.1) is 15.8 Å². The van der Waals surface area contributed by atoms with E-state index < -0.39 is 11.7 Å². The van der Waals surface area contributed by atoms with E-state index in [1.807, 2.05) is 6.07 Å². The van der Waals surface area contributed by atoms with Gasteiger partial charge in [0.1, 0.15) is 5.82 Å². The smallest absolute Gasteiger partial charge is 0.260 e. The van der Waals surface area contributed by atoms with E-state index in [0.717, 1.165) is 29.5 Å². The Hall–Kier alpha value is -2.27. The lowest BCUT2D eigenvalue weighted by molar-refractivity contribution is 0.102. The first-order valence-electron chi connectivity index (χ1n) is 7.62. The summed E-state index contributed by atoms with van der Waals surface area (Å²) in [6.07, 6.45) is 3.35. The van der Waals surface area contributed by atoms with Crippen molar-refractivity contribution in [1.82, 2.24) is 4.98 Å². The molecule has 1 amide bonds. The van der Waals surface area contributed by atoms with Crippen molar-refractivity contribution in [2.45, 2.75) is 26.2 Å². The van der Waals surface area contributed by atoms with Crippen molar-refractivity contribution in [3.05, 3.63) is 59.4 Å². The molecule has 0 aliphatic heterocycles. The second kappa shape index (κ2) is 6.87. The molecular formula is C18H17FN2OS. The topological polar surface area (TPSA) is 42.0 Å². The zero-order valence-electron chi connectivity index (χ0n) is 12.8. The first kappa shape index (κ1) is 15.6. The second-order valence-electron chi connectivity index (χ2n) is 5.36. The van der Waals surface area contributed by atoms with Crippen LogP contribution in [0.25, 0.3) is 10.2 Å². The summed E-state index contributed by atoms with van der Waals surface area (Å²) < 4.78 is 14.7. The molecule has 0 bridgehead atoms. The molecule has 0 spiro atoms. The fraction of sp³-hybridized carbons (Fsp3) is 0.222. The van der Waals surface area contributed by atoms with E-state index in [1.54, 1.807) is 12.1 Å². The Morgan fingerprint density at radius 1 is 1.26 bits per heavy atom. The van der Waals surface area contributed by atoms with Crippen LogP contribution >= 0.6 is 11.3 Å². The van der Waals surface area contributed by atoms with Gasteiger partial charge in [-0.15, -0.1) is 0 Å². The molecule has 0 atom stereocenters. The zero-order valence-corrected chi connectivity index (χ0v) is 13.6. The standard InChI is InChI=1S/C18H17FN2OS/c1-2-3-6-12-9-10-15-16(11-12)23-18(20-15)21-17(22)13-7-4-5-8-14(13)19/h4-5,7-11H,2-3,6H2,1H3,(H,20,21,22). The molecule has 0 radical (unpaired) electrons. The lowest BCUT2D eigenvalue weighted by atomic mass is 10.1. The number of aromatic nitrogens is 1. The number of amides is 1. The van der Waals surface area contributed by atoms with Crippen LogP contribution in [-0.4, -0.2) is 10.9 Å². The Kier molecular flexibility index (Phi) is 4.67. The van der Waals surface area contributed by atoms with Crippen LogP contribution in [0.5, 0.6) is 0 Å². The molecule has 0 aliphatic carbocycles. The number of hydrogen-bond donors (Lipinski definition) is 1. The zero-order chi connectivity index (χ0) is 16.2. The minimum atomic E-state index is -0.534. The molecule has 0 aliphatic rings. The Bertz CT molecular complexity index is 844.